The second-order valence-corrected chi connectivity index (χ2v) is 4.64. The van der Waals surface area contributed by atoms with Crippen LogP contribution in [0.2, 0.25) is 0 Å². The Hall–Kier alpha value is -2.76. The van der Waals surface area contributed by atoms with Gasteiger partial charge in [0.05, 0.1) is 6.04 Å². The van der Waals surface area contributed by atoms with E-state index in [9.17, 15) is 4.39 Å². The third kappa shape index (κ3) is 4.38. The highest BCUT2D eigenvalue weighted by atomic mass is 19.1. The molecule has 1 unspecified atom stereocenters. The Labute approximate surface area is 123 Å². The van der Waals surface area contributed by atoms with Crippen molar-refractivity contribution in [1.29, 1.82) is 0 Å². The molecule has 104 valence electrons. The van der Waals surface area contributed by atoms with Crippen LogP contribution >= 0.6 is 0 Å². The first-order valence-corrected chi connectivity index (χ1v) is 6.54. The number of halogens is 1. The van der Waals surface area contributed by atoms with E-state index >= 15 is 0 Å². The van der Waals surface area contributed by atoms with Crippen LogP contribution in [-0.4, -0.2) is 0 Å². The fourth-order valence-electron chi connectivity index (χ4n) is 1.86. The summed E-state index contributed by atoms with van der Waals surface area (Å²) in [7, 11) is 0. The number of azide groups is 1. The number of rotatable bonds is 3. The first-order chi connectivity index (χ1) is 10.2. The summed E-state index contributed by atoms with van der Waals surface area (Å²) in [6, 6.07) is 13.4. The summed E-state index contributed by atoms with van der Waals surface area (Å²) in [5, 5.41) is 3.72. The lowest BCUT2D eigenvalue weighted by molar-refractivity contribution is 0.625. The average molecular weight is 279 g/mol. The van der Waals surface area contributed by atoms with E-state index in [-0.39, 0.29) is 5.82 Å². The van der Waals surface area contributed by atoms with Gasteiger partial charge in [-0.25, -0.2) is 4.39 Å². The molecule has 0 spiro atoms. The van der Waals surface area contributed by atoms with E-state index in [2.05, 4.69) is 21.9 Å². The van der Waals surface area contributed by atoms with Crippen LogP contribution in [0, 0.1) is 24.6 Å². The first kappa shape index (κ1) is 14.6. The van der Waals surface area contributed by atoms with Crippen LogP contribution in [0.1, 0.15) is 29.2 Å². The molecule has 0 N–H and O–H groups in total. The second-order valence-electron chi connectivity index (χ2n) is 4.64. The van der Waals surface area contributed by atoms with E-state index in [0.29, 0.717) is 6.42 Å². The summed E-state index contributed by atoms with van der Waals surface area (Å²) in [6.45, 7) is 2.02. The van der Waals surface area contributed by atoms with Gasteiger partial charge in [-0.15, -0.1) is 0 Å². The van der Waals surface area contributed by atoms with Gasteiger partial charge in [-0.05, 0) is 42.3 Å². The Morgan fingerprint density at radius 3 is 2.43 bits per heavy atom. The quantitative estimate of drug-likeness (QED) is 0.331. The Kier molecular flexibility index (Phi) is 4.98. The Balaban J connectivity index is 2.12. The van der Waals surface area contributed by atoms with Crippen LogP contribution in [0.3, 0.4) is 0 Å². The normalized spacial score (nSPS) is 11.0. The molecule has 4 heteroatoms. The molecule has 1 atom stereocenters. The molecule has 0 saturated heterocycles. The zero-order valence-corrected chi connectivity index (χ0v) is 11.6. The van der Waals surface area contributed by atoms with Gasteiger partial charge in [0.2, 0.25) is 0 Å². The van der Waals surface area contributed by atoms with Crippen LogP contribution in [0.15, 0.2) is 53.6 Å². The van der Waals surface area contributed by atoms with Crippen LogP contribution < -0.4 is 0 Å². The number of benzene rings is 2. The maximum absolute atomic E-state index is 12.9. The summed E-state index contributed by atoms with van der Waals surface area (Å²) in [5.41, 5.74) is 11.5. The van der Waals surface area contributed by atoms with Gasteiger partial charge in [0.15, 0.2) is 0 Å². The lowest BCUT2D eigenvalue weighted by Gasteiger charge is -2.07. The monoisotopic (exact) mass is 279 g/mol. The first-order valence-electron chi connectivity index (χ1n) is 6.54. The van der Waals surface area contributed by atoms with Crippen molar-refractivity contribution in [2.24, 2.45) is 5.11 Å². The predicted molar refractivity (Wildman–Crippen MR) is 81.0 cm³/mol. The fourth-order valence-corrected chi connectivity index (χ4v) is 1.86. The number of hydrogen-bond acceptors (Lipinski definition) is 1. The minimum atomic E-state index is -0.409. The highest BCUT2D eigenvalue weighted by Gasteiger charge is 2.07. The van der Waals surface area contributed by atoms with Crippen molar-refractivity contribution in [3.63, 3.8) is 0 Å². The third-order valence-electron chi connectivity index (χ3n) is 3.03. The summed E-state index contributed by atoms with van der Waals surface area (Å²) in [4.78, 5) is 2.84. The molecule has 0 saturated carbocycles. The number of hydrogen-bond donors (Lipinski definition) is 0. The molecule has 2 rings (SSSR count). The van der Waals surface area contributed by atoms with E-state index in [1.54, 1.807) is 12.1 Å². The van der Waals surface area contributed by atoms with Gasteiger partial charge >= 0.3 is 0 Å². The minimum Gasteiger partial charge on any atom is -0.207 e. The van der Waals surface area contributed by atoms with Crippen LogP contribution in [0.4, 0.5) is 4.39 Å². The van der Waals surface area contributed by atoms with Gasteiger partial charge in [-0.3, -0.25) is 0 Å². The molecule has 0 fully saturated rings. The average Bonchev–Trinajstić information content (AvgIpc) is 2.49. The highest BCUT2D eigenvalue weighted by Crippen LogP contribution is 2.21. The second kappa shape index (κ2) is 7.14. The van der Waals surface area contributed by atoms with Gasteiger partial charge < -0.3 is 0 Å². The van der Waals surface area contributed by atoms with E-state index in [1.165, 1.54) is 17.7 Å². The summed E-state index contributed by atoms with van der Waals surface area (Å²) in [6.07, 6.45) is 0.392. The molecular weight excluding hydrogens is 265 g/mol. The van der Waals surface area contributed by atoms with Gasteiger partial charge in [0.1, 0.15) is 5.82 Å². The molecule has 0 bridgehead atoms. The predicted octanol–water partition coefficient (Wildman–Crippen LogP) is 4.93. The van der Waals surface area contributed by atoms with E-state index < -0.39 is 6.04 Å². The molecule has 0 aliphatic carbocycles. The molecular formula is C17H14FN3. The SMILES string of the molecule is Cc1ccc(C#CCC(N=[N+]=[N-])c2ccc(F)cc2)cc1. The number of aryl methyl sites for hydroxylation is 1. The summed E-state index contributed by atoms with van der Waals surface area (Å²) >= 11 is 0. The topological polar surface area (TPSA) is 48.8 Å². The van der Waals surface area contributed by atoms with Gasteiger partial charge in [0.25, 0.3) is 0 Å². The van der Waals surface area contributed by atoms with Gasteiger partial charge in [0, 0.05) is 16.9 Å². The van der Waals surface area contributed by atoms with Crippen molar-refractivity contribution in [2.45, 2.75) is 19.4 Å². The molecule has 0 aliphatic rings. The lowest BCUT2D eigenvalue weighted by atomic mass is 10.0. The van der Waals surface area contributed by atoms with E-state index in [4.69, 9.17) is 5.53 Å². The maximum Gasteiger partial charge on any atom is 0.123 e. The van der Waals surface area contributed by atoms with Crippen LogP contribution in [0.25, 0.3) is 10.4 Å². The smallest absolute Gasteiger partial charge is 0.123 e. The molecule has 0 heterocycles. The van der Waals surface area contributed by atoms with E-state index in [1.807, 2.05) is 31.2 Å². The Morgan fingerprint density at radius 1 is 1.14 bits per heavy atom. The van der Waals surface area contributed by atoms with Crippen molar-refractivity contribution in [3.8, 4) is 11.8 Å². The van der Waals surface area contributed by atoms with Crippen LogP contribution in [0.5, 0.6) is 0 Å². The Morgan fingerprint density at radius 2 is 1.81 bits per heavy atom. The summed E-state index contributed by atoms with van der Waals surface area (Å²) < 4.78 is 12.9. The van der Waals surface area contributed by atoms with Crippen LogP contribution in [-0.2, 0) is 0 Å². The third-order valence-corrected chi connectivity index (χ3v) is 3.03. The molecule has 2 aromatic rings. The van der Waals surface area contributed by atoms with Crippen molar-refractivity contribution in [1.82, 2.24) is 0 Å². The zero-order chi connectivity index (χ0) is 15.1. The van der Waals surface area contributed by atoms with Crippen molar-refractivity contribution >= 4 is 0 Å². The molecule has 2 aromatic carbocycles. The van der Waals surface area contributed by atoms with Gasteiger partial charge in [-0.2, -0.15) is 0 Å². The fraction of sp³-hybridized carbons (Fsp3) is 0.176. The van der Waals surface area contributed by atoms with Crippen molar-refractivity contribution in [2.75, 3.05) is 0 Å². The van der Waals surface area contributed by atoms with E-state index in [0.717, 1.165) is 11.1 Å². The van der Waals surface area contributed by atoms with Crippen molar-refractivity contribution in [3.05, 3.63) is 81.5 Å². The Bertz CT molecular complexity index is 702. The zero-order valence-electron chi connectivity index (χ0n) is 11.6. The molecule has 3 nitrogen and oxygen atoms in total. The highest BCUT2D eigenvalue weighted by molar-refractivity contribution is 5.36. The molecule has 0 amide bonds. The largest absolute Gasteiger partial charge is 0.207 e. The minimum absolute atomic E-state index is 0.316. The van der Waals surface area contributed by atoms with Gasteiger partial charge in [-0.1, -0.05) is 46.8 Å². The maximum atomic E-state index is 12.9. The molecule has 0 radical (unpaired) electrons. The summed E-state index contributed by atoms with van der Waals surface area (Å²) in [5.74, 6) is 5.73. The number of nitrogens with zero attached hydrogens (tertiary/aromatic N) is 3. The lowest BCUT2D eigenvalue weighted by Crippen LogP contribution is -1.93. The molecule has 0 aliphatic heterocycles. The molecule has 0 aromatic heterocycles. The molecule has 21 heavy (non-hydrogen) atoms. The standard InChI is InChI=1S/C17H14FN3/c1-13-5-7-14(8-6-13)3-2-4-17(20-21-19)15-9-11-16(18)12-10-15/h5-12,17H,4H2,1H3. The van der Waals surface area contributed by atoms with Crippen molar-refractivity contribution < 1.29 is 4.39 Å².